The van der Waals surface area contributed by atoms with Crippen LogP contribution >= 0.6 is 0 Å². The number of aromatic nitrogens is 5. The highest BCUT2D eigenvalue weighted by atomic mass is 16.2. The molecule has 11 heteroatoms. The quantitative estimate of drug-likeness (QED) is 0.234. The lowest BCUT2D eigenvalue weighted by atomic mass is 9.87. The monoisotopic (exact) mass is 651 g/mol. The first-order chi connectivity index (χ1) is 24.0. The zero-order valence-corrected chi connectivity index (χ0v) is 27.2. The van der Waals surface area contributed by atoms with Gasteiger partial charge in [-0.2, -0.15) is 5.10 Å². The molecule has 3 aliphatic rings. The number of carbonyl (C=O) groups excluding carboxylic acids is 2. The Bertz CT molecular complexity index is 2040. The molecular formula is C38H37N9O2. The average Bonchev–Trinajstić information content (AvgIpc) is 3.79. The van der Waals surface area contributed by atoms with Crippen molar-refractivity contribution in [1.82, 2.24) is 34.9 Å². The van der Waals surface area contributed by atoms with Crippen LogP contribution in [-0.4, -0.2) is 92.6 Å². The molecule has 2 amide bonds. The summed E-state index contributed by atoms with van der Waals surface area (Å²) in [5, 5.41) is 11.7. The summed E-state index contributed by atoms with van der Waals surface area (Å²) in [6.07, 6.45) is 14.2. The van der Waals surface area contributed by atoms with E-state index in [-0.39, 0.29) is 18.4 Å². The smallest absolute Gasteiger partial charge is 0.244 e. The third-order valence-corrected chi connectivity index (χ3v) is 9.98. The summed E-state index contributed by atoms with van der Waals surface area (Å²) in [4.78, 5) is 46.5. The Hall–Kier alpha value is -5.60. The number of terminal acetylenes is 1. The summed E-state index contributed by atoms with van der Waals surface area (Å²) >= 11 is 0. The number of rotatable bonds is 8. The summed E-state index contributed by atoms with van der Waals surface area (Å²) in [6, 6.07) is 19.8. The van der Waals surface area contributed by atoms with Crippen LogP contribution in [0, 0.1) is 17.8 Å². The molecule has 0 bridgehead atoms. The molecule has 8 rings (SSSR count). The number of aromatic amines is 1. The zero-order valence-electron chi connectivity index (χ0n) is 27.2. The third kappa shape index (κ3) is 6.23. The van der Waals surface area contributed by atoms with Gasteiger partial charge in [-0.1, -0.05) is 5.92 Å². The molecule has 1 saturated carbocycles. The Morgan fingerprint density at radius 1 is 0.918 bits per heavy atom. The molecule has 0 radical (unpaired) electrons. The van der Waals surface area contributed by atoms with E-state index in [9.17, 15) is 9.59 Å². The van der Waals surface area contributed by atoms with Crippen molar-refractivity contribution in [1.29, 1.82) is 0 Å². The second kappa shape index (κ2) is 12.8. The van der Waals surface area contributed by atoms with Gasteiger partial charge in [-0.15, -0.1) is 6.42 Å². The number of nitrogens with zero attached hydrogens (tertiary/aromatic N) is 7. The predicted octanol–water partition coefficient (Wildman–Crippen LogP) is 4.57. The Kier molecular flexibility index (Phi) is 8.01. The van der Waals surface area contributed by atoms with Crippen molar-refractivity contribution in [2.45, 2.75) is 25.2 Å². The van der Waals surface area contributed by atoms with Gasteiger partial charge in [-0.3, -0.25) is 24.6 Å². The second-order valence-electron chi connectivity index (χ2n) is 13.2. The van der Waals surface area contributed by atoms with Crippen molar-refractivity contribution in [3.05, 3.63) is 84.9 Å². The van der Waals surface area contributed by atoms with Crippen LogP contribution in [0.1, 0.15) is 30.9 Å². The number of fused-ring (bicyclic) bond motifs is 1. The van der Waals surface area contributed by atoms with E-state index in [1.165, 1.54) is 12.8 Å². The van der Waals surface area contributed by atoms with Crippen molar-refractivity contribution < 1.29 is 9.59 Å². The van der Waals surface area contributed by atoms with Crippen LogP contribution < -0.4 is 10.2 Å². The number of hydrogen-bond donors (Lipinski definition) is 2. The van der Waals surface area contributed by atoms with Crippen LogP contribution in [0.2, 0.25) is 0 Å². The van der Waals surface area contributed by atoms with Crippen molar-refractivity contribution in [3.8, 4) is 35.0 Å². The minimum absolute atomic E-state index is 0.0587. The van der Waals surface area contributed by atoms with Gasteiger partial charge >= 0.3 is 0 Å². The number of piperazine rings is 1. The SMILES string of the molecule is C#CC1(C(=O)Nc2ccc3[nH]nc(-c4ccnc(C5CC5)c4)c3c2)CCN(CC(=O)N2CCN(c3ccc(-c4ncccn4)cc3)CC2)C1. The van der Waals surface area contributed by atoms with Gasteiger partial charge in [0.2, 0.25) is 11.8 Å². The number of benzene rings is 2. The molecule has 246 valence electrons. The minimum atomic E-state index is -1.02. The van der Waals surface area contributed by atoms with Crippen molar-refractivity contribution in [2.75, 3.05) is 56.0 Å². The van der Waals surface area contributed by atoms with Gasteiger partial charge in [-0.25, -0.2) is 9.97 Å². The number of carbonyl (C=O) groups is 2. The van der Waals surface area contributed by atoms with Gasteiger partial charge in [0.25, 0.3) is 0 Å². The van der Waals surface area contributed by atoms with E-state index in [1.54, 1.807) is 18.5 Å². The normalized spacial score (nSPS) is 19.6. The fourth-order valence-corrected chi connectivity index (χ4v) is 6.93. The summed E-state index contributed by atoms with van der Waals surface area (Å²) < 4.78 is 0. The van der Waals surface area contributed by atoms with Crippen LogP contribution in [0.4, 0.5) is 11.4 Å². The molecule has 2 N–H and O–H groups in total. The molecule has 1 atom stereocenters. The van der Waals surface area contributed by atoms with Crippen molar-refractivity contribution in [3.63, 3.8) is 0 Å². The van der Waals surface area contributed by atoms with E-state index in [0.29, 0.717) is 50.0 Å². The number of pyridine rings is 1. The number of amides is 2. The molecule has 1 unspecified atom stereocenters. The van der Waals surface area contributed by atoms with E-state index >= 15 is 0 Å². The molecule has 3 aromatic heterocycles. The number of nitrogens with one attached hydrogen (secondary N) is 2. The lowest BCUT2D eigenvalue weighted by Gasteiger charge is -2.37. The largest absolute Gasteiger partial charge is 0.368 e. The van der Waals surface area contributed by atoms with Gasteiger partial charge in [-0.05, 0) is 79.9 Å². The molecule has 5 aromatic rings. The standard InChI is InChI=1S/C38H37N9O2/c1-2-38(37(49)42-29-8-11-32-31(23-29)35(44-43-32)28-12-16-39-33(22-28)26-4-5-26)13-17-45(25-38)24-34(48)47-20-18-46(19-21-47)30-9-6-27(7-10-30)36-40-14-3-15-41-36/h1,3,6-12,14-16,22-23,26H,4-5,13,17-21,24-25H2,(H,42,49)(H,43,44). The fourth-order valence-electron chi connectivity index (χ4n) is 6.93. The Labute approximate surface area is 284 Å². The van der Waals surface area contributed by atoms with Crippen molar-refractivity contribution >= 4 is 34.1 Å². The average molecular weight is 652 g/mol. The first-order valence-electron chi connectivity index (χ1n) is 16.8. The Morgan fingerprint density at radius 3 is 2.47 bits per heavy atom. The third-order valence-electron chi connectivity index (χ3n) is 9.98. The van der Waals surface area contributed by atoms with Crippen LogP contribution in [0.3, 0.4) is 0 Å². The molecule has 2 aromatic carbocycles. The summed E-state index contributed by atoms with van der Waals surface area (Å²) in [5.41, 5.74) is 5.52. The number of likely N-dealkylation sites (tertiary alicyclic amines) is 1. The zero-order chi connectivity index (χ0) is 33.4. The lowest BCUT2D eigenvalue weighted by Crippen LogP contribution is -2.51. The van der Waals surface area contributed by atoms with Crippen molar-refractivity contribution in [2.24, 2.45) is 5.41 Å². The molecule has 49 heavy (non-hydrogen) atoms. The van der Waals surface area contributed by atoms with Crippen LogP contribution in [-0.2, 0) is 9.59 Å². The lowest BCUT2D eigenvalue weighted by molar-refractivity contribution is -0.133. The molecule has 2 saturated heterocycles. The summed E-state index contributed by atoms with van der Waals surface area (Å²) in [7, 11) is 0. The Morgan fingerprint density at radius 2 is 1.71 bits per heavy atom. The van der Waals surface area contributed by atoms with Gasteiger partial charge in [0, 0.05) is 97.4 Å². The molecule has 2 aliphatic heterocycles. The highest BCUT2D eigenvalue weighted by Gasteiger charge is 2.44. The summed E-state index contributed by atoms with van der Waals surface area (Å²) in [5.74, 6) is 3.86. The maximum absolute atomic E-state index is 13.7. The second-order valence-corrected chi connectivity index (χ2v) is 13.2. The first kappa shape index (κ1) is 30.7. The van der Waals surface area contributed by atoms with E-state index in [1.807, 2.05) is 52.4 Å². The van der Waals surface area contributed by atoms with Gasteiger partial charge in [0.15, 0.2) is 5.82 Å². The number of anilines is 2. The number of H-pyrrole nitrogens is 1. The molecular weight excluding hydrogens is 614 g/mol. The topological polar surface area (TPSA) is 123 Å². The fraction of sp³-hybridized carbons (Fsp3) is 0.316. The summed E-state index contributed by atoms with van der Waals surface area (Å²) in [6.45, 7) is 3.91. The maximum Gasteiger partial charge on any atom is 0.244 e. The van der Waals surface area contributed by atoms with Crippen LogP contribution in [0.15, 0.2) is 79.3 Å². The van der Waals surface area contributed by atoms with Crippen LogP contribution in [0.25, 0.3) is 33.5 Å². The maximum atomic E-state index is 13.7. The highest BCUT2D eigenvalue weighted by molar-refractivity contribution is 6.01. The Balaban J connectivity index is 0.870. The van der Waals surface area contributed by atoms with E-state index in [0.717, 1.165) is 52.2 Å². The van der Waals surface area contributed by atoms with Gasteiger partial charge in [0.1, 0.15) is 11.1 Å². The predicted molar refractivity (Wildman–Crippen MR) is 189 cm³/mol. The molecule has 11 nitrogen and oxygen atoms in total. The van der Waals surface area contributed by atoms with Gasteiger partial charge in [0.05, 0.1) is 12.1 Å². The first-order valence-corrected chi connectivity index (χ1v) is 16.8. The van der Waals surface area contributed by atoms with Gasteiger partial charge < -0.3 is 15.1 Å². The number of hydrogen-bond acceptors (Lipinski definition) is 8. The minimum Gasteiger partial charge on any atom is -0.368 e. The van der Waals surface area contributed by atoms with Crippen LogP contribution in [0.5, 0.6) is 0 Å². The molecule has 0 spiro atoms. The molecule has 1 aliphatic carbocycles. The van der Waals surface area contributed by atoms with E-state index in [4.69, 9.17) is 6.42 Å². The van der Waals surface area contributed by atoms with E-state index < -0.39 is 5.41 Å². The molecule has 3 fully saturated rings. The van der Waals surface area contributed by atoms with E-state index in [2.05, 4.69) is 59.5 Å². The molecule has 5 heterocycles. The highest BCUT2D eigenvalue weighted by Crippen LogP contribution is 2.40.